The van der Waals surface area contributed by atoms with E-state index in [0.29, 0.717) is 12.2 Å². The highest BCUT2D eigenvalue weighted by Gasteiger charge is 2.06. The van der Waals surface area contributed by atoms with Crippen LogP contribution in [-0.4, -0.2) is 15.2 Å². The molecule has 0 aliphatic carbocycles. The Morgan fingerprint density at radius 2 is 2.36 bits per heavy atom. The van der Waals surface area contributed by atoms with Crippen molar-refractivity contribution in [3.8, 4) is 11.3 Å². The Balaban J connectivity index is 2.58. The fraction of sp³-hybridized carbons (Fsp3) is 0.111. The minimum Gasteiger partial charge on any atom is -0.367 e. The van der Waals surface area contributed by atoms with Gasteiger partial charge in [-0.1, -0.05) is 0 Å². The van der Waals surface area contributed by atoms with Crippen LogP contribution in [0.25, 0.3) is 11.3 Å². The van der Waals surface area contributed by atoms with E-state index in [1.165, 1.54) is 6.07 Å². The van der Waals surface area contributed by atoms with Gasteiger partial charge in [-0.15, -0.1) is 0 Å². The van der Waals surface area contributed by atoms with Gasteiger partial charge in [0.25, 0.3) is 5.56 Å². The molecular formula is C9H10N4O. The smallest absolute Gasteiger partial charge is 0.264 e. The Morgan fingerprint density at radius 3 is 3.00 bits per heavy atom. The molecule has 0 bridgehead atoms. The molecule has 0 saturated heterocycles. The molecule has 4 N–H and O–H groups in total. The average Bonchev–Trinajstić information content (AvgIpc) is 2.70. The number of nitrogens with two attached hydrogens (primary N) is 1. The zero-order valence-corrected chi connectivity index (χ0v) is 7.45. The first kappa shape index (κ1) is 8.71. The third kappa shape index (κ3) is 1.45. The molecule has 0 aromatic carbocycles. The van der Waals surface area contributed by atoms with Crippen molar-refractivity contribution in [1.82, 2.24) is 15.2 Å². The highest BCUT2D eigenvalue weighted by molar-refractivity contribution is 5.61. The molecule has 0 fully saturated rings. The van der Waals surface area contributed by atoms with E-state index in [2.05, 4.69) is 15.2 Å². The summed E-state index contributed by atoms with van der Waals surface area (Å²) in [4.78, 5) is 13.9. The first-order chi connectivity index (χ1) is 6.81. The normalized spacial score (nSPS) is 10.4. The van der Waals surface area contributed by atoms with Crippen LogP contribution in [0.2, 0.25) is 0 Å². The topological polar surface area (TPSA) is 87.6 Å². The fourth-order valence-electron chi connectivity index (χ4n) is 1.32. The van der Waals surface area contributed by atoms with Gasteiger partial charge in [0.1, 0.15) is 0 Å². The molecule has 0 aliphatic heterocycles. The van der Waals surface area contributed by atoms with Crippen LogP contribution in [0.3, 0.4) is 0 Å². The van der Waals surface area contributed by atoms with Crippen molar-refractivity contribution in [2.45, 2.75) is 6.54 Å². The maximum absolute atomic E-state index is 11.0. The minimum atomic E-state index is -0.232. The van der Waals surface area contributed by atoms with Crippen LogP contribution >= 0.6 is 0 Å². The summed E-state index contributed by atoms with van der Waals surface area (Å²) < 4.78 is 0. The monoisotopic (exact) mass is 190 g/mol. The zero-order chi connectivity index (χ0) is 9.97. The Bertz CT molecular complexity index is 472. The van der Waals surface area contributed by atoms with Crippen molar-refractivity contribution in [2.24, 2.45) is 5.73 Å². The number of nitrogens with zero attached hydrogens (tertiary/aromatic N) is 1. The lowest BCUT2D eigenvalue weighted by molar-refractivity contribution is 0.945. The molecule has 2 rings (SSSR count). The number of hydrogen-bond acceptors (Lipinski definition) is 3. The quantitative estimate of drug-likeness (QED) is 0.633. The second kappa shape index (κ2) is 3.47. The maximum atomic E-state index is 11.0. The van der Waals surface area contributed by atoms with Gasteiger partial charge in [-0.25, -0.2) is 5.10 Å². The highest BCUT2D eigenvalue weighted by atomic mass is 16.1. The van der Waals surface area contributed by atoms with Crippen molar-refractivity contribution >= 4 is 0 Å². The van der Waals surface area contributed by atoms with Gasteiger partial charge in [0, 0.05) is 30.6 Å². The first-order valence-corrected chi connectivity index (χ1v) is 4.23. The second-order valence-corrected chi connectivity index (χ2v) is 2.91. The molecule has 5 heteroatoms. The molecule has 0 aliphatic rings. The van der Waals surface area contributed by atoms with Crippen LogP contribution in [0.1, 0.15) is 5.56 Å². The molecule has 72 valence electrons. The van der Waals surface area contributed by atoms with Crippen LogP contribution in [0.4, 0.5) is 0 Å². The molecule has 2 aromatic rings. The molecule has 0 amide bonds. The number of aromatic nitrogens is 3. The maximum Gasteiger partial charge on any atom is 0.264 e. The van der Waals surface area contributed by atoms with Gasteiger partial charge in [-0.3, -0.25) is 4.79 Å². The number of aromatic amines is 2. The predicted molar refractivity (Wildman–Crippen MR) is 52.5 cm³/mol. The summed E-state index contributed by atoms with van der Waals surface area (Å²) in [7, 11) is 0. The van der Waals surface area contributed by atoms with Gasteiger partial charge in [0.15, 0.2) is 0 Å². The Morgan fingerprint density at radius 1 is 1.50 bits per heavy atom. The van der Waals surface area contributed by atoms with Crippen LogP contribution in [-0.2, 0) is 6.54 Å². The number of hydrogen-bond donors (Lipinski definition) is 3. The lowest BCUT2D eigenvalue weighted by Crippen LogP contribution is -2.12. The summed E-state index contributed by atoms with van der Waals surface area (Å²) in [5, 5.41) is 6.34. The van der Waals surface area contributed by atoms with Crippen molar-refractivity contribution in [3.63, 3.8) is 0 Å². The summed E-state index contributed by atoms with van der Waals surface area (Å²) >= 11 is 0. The van der Waals surface area contributed by atoms with E-state index >= 15 is 0 Å². The largest absolute Gasteiger partial charge is 0.367 e. The molecule has 2 aromatic heterocycles. The van der Waals surface area contributed by atoms with E-state index in [0.717, 1.165) is 11.1 Å². The number of H-pyrrole nitrogens is 2. The number of nitrogens with one attached hydrogen (secondary N) is 2. The predicted octanol–water partition coefficient (Wildman–Crippen LogP) is 0.224. The van der Waals surface area contributed by atoms with Crippen molar-refractivity contribution in [3.05, 3.63) is 40.4 Å². The lowest BCUT2D eigenvalue weighted by atomic mass is 10.1. The summed E-state index contributed by atoms with van der Waals surface area (Å²) in [6.07, 6.45) is 3.60. The molecule has 14 heavy (non-hydrogen) atoms. The molecule has 0 saturated carbocycles. The summed E-state index contributed by atoms with van der Waals surface area (Å²) in [6, 6.07) is 3.34. The fourth-order valence-corrected chi connectivity index (χ4v) is 1.32. The van der Waals surface area contributed by atoms with Crippen molar-refractivity contribution in [2.75, 3.05) is 0 Å². The highest BCUT2D eigenvalue weighted by Crippen LogP contribution is 2.17. The summed E-state index contributed by atoms with van der Waals surface area (Å²) in [6.45, 7) is 0.303. The van der Waals surface area contributed by atoms with E-state index < -0.39 is 0 Å². The molecule has 5 nitrogen and oxygen atoms in total. The Hall–Kier alpha value is -1.88. The Kier molecular flexibility index (Phi) is 2.16. The lowest BCUT2D eigenvalue weighted by Gasteiger charge is -2.02. The SMILES string of the molecule is NCc1cc(=O)[nH]nc1-c1cc[nH]c1. The summed E-state index contributed by atoms with van der Waals surface area (Å²) in [5.74, 6) is 0. The van der Waals surface area contributed by atoms with E-state index in [1.807, 2.05) is 6.07 Å². The first-order valence-electron chi connectivity index (χ1n) is 4.23. The number of rotatable bonds is 2. The third-order valence-corrected chi connectivity index (χ3v) is 1.98. The molecule has 0 spiro atoms. The van der Waals surface area contributed by atoms with Crippen molar-refractivity contribution < 1.29 is 0 Å². The van der Waals surface area contributed by atoms with Crippen LogP contribution in [0.5, 0.6) is 0 Å². The second-order valence-electron chi connectivity index (χ2n) is 2.91. The van der Waals surface area contributed by atoms with Crippen LogP contribution in [0.15, 0.2) is 29.3 Å². The molecule has 0 unspecified atom stereocenters. The van der Waals surface area contributed by atoms with Crippen LogP contribution in [0, 0.1) is 0 Å². The van der Waals surface area contributed by atoms with E-state index in [9.17, 15) is 4.79 Å². The van der Waals surface area contributed by atoms with Gasteiger partial charge in [-0.05, 0) is 11.6 Å². The van der Waals surface area contributed by atoms with Gasteiger partial charge in [-0.2, -0.15) is 5.10 Å². The molecule has 0 radical (unpaired) electrons. The van der Waals surface area contributed by atoms with Gasteiger partial charge in [0.2, 0.25) is 0 Å². The van der Waals surface area contributed by atoms with E-state index in [1.54, 1.807) is 12.4 Å². The van der Waals surface area contributed by atoms with Gasteiger partial charge >= 0.3 is 0 Å². The van der Waals surface area contributed by atoms with E-state index in [-0.39, 0.29) is 5.56 Å². The third-order valence-electron chi connectivity index (χ3n) is 1.98. The molecule has 0 atom stereocenters. The van der Waals surface area contributed by atoms with Gasteiger partial charge in [0.05, 0.1) is 5.69 Å². The average molecular weight is 190 g/mol. The minimum absolute atomic E-state index is 0.232. The Labute approximate surface area is 80.0 Å². The van der Waals surface area contributed by atoms with E-state index in [4.69, 9.17) is 5.73 Å². The molecular weight excluding hydrogens is 180 g/mol. The van der Waals surface area contributed by atoms with Crippen molar-refractivity contribution in [1.29, 1.82) is 0 Å². The molecule has 2 heterocycles. The summed E-state index contributed by atoms with van der Waals surface area (Å²) in [5.41, 5.74) is 7.67. The van der Waals surface area contributed by atoms with Gasteiger partial charge < -0.3 is 10.7 Å². The zero-order valence-electron chi connectivity index (χ0n) is 7.45. The van der Waals surface area contributed by atoms with Crippen LogP contribution < -0.4 is 11.3 Å². The standard InChI is InChI=1S/C9H10N4O/c10-4-7-3-8(14)12-13-9(7)6-1-2-11-5-6/h1-3,5,11H,4,10H2,(H,12,14).